The standard InChI is InChI=1S/C12H22N2O3/c1-11(2,8-13)9(15)14-6-4-12(3,5-7-14)10(16)17/h4-8,13H2,1-3H3,(H,16,17). The summed E-state index contributed by atoms with van der Waals surface area (Å²) in [6.07, 6.45) is 1.02. The Morgan fingerprint density at radius 2 is 1.82 bits per heavy atom. The van der Waals surface area contributed by atoms with Crippen LogP contribution in [0.25, 0.3) is 0 Å². The first kappa shape index (κ1) is 14.0. The van der Waals surface area contributed by atoms with E-state index in [2.05, 4.69) is 0 Å². The molecule has 1 aliphatic heterocycles. The van der Waals surface area contributed by atoms with Crippen molar-refractivity contribution in [1.29, 1.82) is 0 Å². The van der Waals surface area contributed by atoms with Crippen LogP contribution in [-0.4, -0.2) is 41.5 Å². The maximum absolute atomic E-state index is 12.1. The second-order valence-electron chi connectivity index (χ2n) is 5.75. The summed E-state index contributed by atoms with van der Waals surface area (Å²) < 4.78 is 0. The van der Waals surface area contributed by atoms with Gasteiger partial charge in [-0.05, 0) is 33.6 Å². The van der Waals surface area contributed by atoms with Crippen LogP contribution in [0.15, 0.2) is 0 Å². The Bertz CT molecular complexity index is 318. The molecular formula is C12H22N2O3. The van der Waals surface area contributed by atoms with Gasteiger partial charge in [-0.25, -0.2) is 0 Å². The summed E-state index contributed by atoms with van der Waals surface area (Å²) in [6.45, 7) is 6.69. The smallest absolute Gasteiger partial charge is 0.309 e. The van der Waals surface area contributed by atoms with Gasteiger partial charge in [0.15, 0.2) is 0 Å². The number of carboxylic acid groups (broad SMARTS) is 1. The first-order chi connectivity index (χ1) is 7.73. The first-order valence-corrected chi connectivity index (χ1v) is 5.96. The molecule has 1 amide bonds. The number of nitrogens with two attached hydrogens (primary N) is 1. The summed E-state index contributed by atoms with van der Waals surface area (Å²) >= 11 is 0. The van der Waals surface area contributed by atoms with E-state index in [0.717, 1.165) is 0 Å². The minimum atomic E-state index is -0.775. The van der Waals surface area contributed by atoms with Crippen molar-refractivity contribution in [3.8, 4) is 0 Å². The number of piperidine rings is 1. The monoisotopic (exact) mass is 242 g/mol. The van der Waals surface area contributed by atoms with Crippen molar-refractivity contribution in [2.24, 2.45) is 16.6 Å². The van der Waals surface area contributed by atoms with Crippen LogP contribution >= 0.6 is 0 Å². The fourth-order valence-corrected chi connectivity index (χ4v) is 1.93. The maximum Gasteiger partial charge on any atom is 0.309 e. The predicted molar refractivity (Wildman–Crippen MR) is 64.4 cm³/mol. The van der Waals surface area contributed by atoms with Gasteiger partial charge in [0.05, 0.1) is 10.8 Å². The van der Waals surface area contributed by atoms with Gasteiger partial charge in [0.2, 0.25) is 5.91 Å². The molecule has 0 aliphatic carbocycles. The lowest BCUT2D eigenvalue weighted by Gasteiger charge is -2.39. The summed E-state index contributed by atoms with van der Waals surface area (Å²) in [7, 11) is 0. The number of carboxylic acids is 1. The normalized spacial score (nSPS) is 20.1. The Morgan fingerprint density at radius 3 is 2.18 bits per heavy atom. The van der Waals surface area contributed by atoms with Gasteiger partial charge in [-0.2, -0.15) is 0 Å². The third kappa shape index (κ3) is 2.77. The van der Waals surface area contributed by atoms with Gasteiger partial charge in [-0.15, -0.1) is 0 Å². The van der Waals surface area contributed by atoms with Crippen molar-refractivity contribution < 1.29 is 14.7 Å². The largest absolute Gasteiger partial charge is 0.481 e. The van der Waals surface area contributed by atoms with E-state index in [9.17, 15) is 9.59 Å². The molecule has 0 aromatic heterocycles. The van der Waals surface area contributed by atoms with E-state index >= 15 is 0 Å². The lowest BCUT2D eigenvalue weighted by Crippen LogP contribution is -2.50. The van der Waals surface area contributed by atoms with E-state index in [0.29, 0.717) is 32.5 Å². The molecule has 0 aromatic rings. The lowest BCUT2D eigenvalue weighted by atomic mass is 9.79. The number of nitrogens with zero attached hydrogens (tertiary/aromatic N) is 1. The maximum atomic E-state index is 12.1. The van der Waals surface area contributed by atoms with Crippen LogP contribution in [0, 0.1) is 10.8 Å². The molecule has 98 valence electrons. The van der Waals surface area contributed by atoms with Gasteiger partial charge in [-0.1, -0.05) is 0 Å². The molecule has 0 spiro atoms. The molecule has 0 unspecified atom stereocenters. The SMILES string of the molecule is CC(C)(CN)C(=O)N1CCC(C)(C(=O)O)CC1. The van der Waals surface area contributed by atoms with E-state index < -0.39 is 16.8 Å². The van der Waals surface area contributed by atoms with Crippen LogP contribution in [0.2, 0.25) is 0 Å². The third-order valence-electron chi connectivity index (χ3n) is 3.76. The number of hydrogen-bond donors (Lipinski definition) is 2. The van der Waals surface area contributed by atoms with Crippen LogP contribution < -0.4 is 5.73 Å². The van der Waals surface area contributed by atoms with Gasteiger partial charge in [0.25, 0.3) is 0 Å². The number of likely N-dealkylation sites (tertiary alicyclic amines) is 1. The Hall–Kier alpha value is -1.10. The average molecular weight is 242 g/mol. The average Bonchev–Trinajstić information content (AvgIpc) is 2.29. The molecule has 0 aromatic carbocycles. The van der Waals surface area contributed by atoms with E-state index in [1.165, 1.54) is 0 Å². The third-order valence-corrected chi connectivity index (χ3v) is 3.76. The molecular weight excluding hydrogens is 220 g/mol. The highest BCUT2D eigenvalue weighted by Crippen LogP contribution is 2.32. The molecule has 1 fully saturated rings. The fraction of sp³-hybridized carbons (Fsp3) is 0.833. The summed E-state index contributed by atoms with van der Waals surface area (Å²) in [5, 5.41) is 9.10. The van der Waals surface area contributed by atoms with Crippen molar-refractivity contribution in [2.75, 3.05) is 19.6 Å². The van der Waals surface area contributed by atoms with Gasteiger partial charge in [0, 0.05) is 19.6 Å². The second kappa shape index (κ2) is 4.64. The molecule has 1 saturated heterocycles. The van der Waals surface area contributed by atoms with Crippen LogP contribution in [0.5, 0.6) is 0 Å². The summed E-state index contributed by atoms with van der Waals surface area (Å²) in [5.74, 6) is -0.755. The number of aliphatic carboxylic acids is 1. The number of hydrogen-bond acceptors (Lipinski definition) is 3. The number of rotatable bonds is 3. The molecule has 1 aliphatic rings. The van der Waals surface area contributed by atoms with Gasteiger partial charge in [-0.3, -0.25) is 9.59 Å². The summed E-state index contributed by atoms with van der Waals surface area (Å²) in [6, 6.07) is 0. The van der Waals surface area contributed by atoms with E-state index in [-0.39, 0.29) is 5.91 Å². The highest BCUT2D eigenvalue weighted by atomic mass is 16.4. The van der Waals surface area contributed by atoms with Crippen molar-refractivity contribution in [2.45, 2.75) is 33.6 Å². The molecule has 1 rings (SSSR count). The quantitative estimate of drug-likeness (QED) is 0.762. The minimum Gasteiger partial charge on any atom is -0.481 e. The summed E-state index contributed by atoms with van der Waals surface area (Å²) in [4.78, 5) is 24.9. The number of amides is 1. The fourth-order valence-electron chi connectivity index (χ4n) is 1.93. The van der Waals surface area contributed by atoms with Crippen molar-refractivity contribution in [3.63, 3.8) is 0 Å². The molecule has 5 nitrogen and oxygen atoms in total. The Balaban J connectivity index is 2.65. The molecule has 5 heteroatoms. The van der Waals surface area contributed by atoms with Gasteiger partial charge < -0.3 is 15.7 Å². The van der Waals surface area contributed by atoms with Crippen LogP contribution in [-0.2, 0) is 9.59 Å². The molecule has 3 N–H and O–H groups in total. The van der Waals surface area contributed by atoms with E-state index in [4.69, 9.17) is 10.8 Å². The van der Waals surface area contributed by atoms with Crippen LogP contribution in [0.3, 0.4) is 0 Å². The van der Waals surface area contributed by atoms with E-state index in [1.807, 2.05) is 13.8 Å². The molecule has 1 heterocycles. The van der Waals surface area contributed by atoms with Gasteiger partial charge in [0.1, 0.15) is 0 Å². The van der Waals surface area contributed by atoms with Gasteiger partial charge >= 0.3 is 5.97 Å². The molecule has 17 heavy (non-hydrogen) atoms. The first-order valence-electron chi connectivity index (χ1n) is 5.96. The number of carbonyl (C=O) groups is 2. The highest BCUT2D eigenvalue weighted by Gasteiger charge is 2.40. The zero-order chi connectivity index (χ0) is 13.3. The van der Waals surface area contributed by atoms with E-state index in [1.54, 1.807) is 11.8 Å². The zero-order valence-electron chi connectivity index (χ0n) is 10.8. The Kier molecular flexibility index (Phi) is 3.81. The Morgan fingerprint density at radius 1 is 1.35 bits per heavy atom. The van der Waals surface area contributed by atoms with Crippen LogP contribution in [0.1, 0.15) is 33.6 Å². The van der Waals surface area contributed by atoms with Crippen molar-refractivity contribution in [1.82, 2.24) is 4.90 Å². The number of carbonyl (C=O) groups excluding carboxylic acids is 1. The highest BCUT2D eigenvalue weighted by molar-refractivity contribution is 5.83. The second-order valence-corrected chi connectivity index (χ2v) is 5.75. The molecule has 0 saturated carbocycles. The minimum absolute atomic E-state index is 0.0208. The topological polar surface area (TPSA) is 83.6 Å². The zero-order valence-corrected chi connectivity index (χ0v) is 10.8. The molecule has 0 atom stereocenters. The van der Waals surface area contributed by atoms with Crippen molar-refractivity contribution >= 4 is 11.9 Å². The lowest BCUT2D eigenvalue weighted by molar-refractivity contribution is -0.154. The predicted octanol–water partition coefficient (Wildman–Crippen LogP) is 0.685. The molecule has 0 radical (unpaired) electrons. The Labute approximate surface area is 102 Å². The van der Waals surface area contributed by atoms with Crippen molar-refractivity contribution in [3.05, 3.63) is 0 Å². The molecule has 0 bridgehead atoms. The summed E-state index contributed by atoms with van der Waals surface area (Å²) in [5.41, 5.74) is 4.32. The van der Waals surface area contributed by atoms with Crippen LogP contribution in [0.4, 0.5) is 0 Å².